The molecule has 0 bridgehead atoms. The summed E-state index contributed by atoms with van der Waals surface area (Å²) in [5.74, 6) is -2.61. The summed E-state index contributed by atoms with van der Waals surface area (Å²) in [6.07, 6.45) is 2.22. The topological polar surface area (TPSA) is 137 Å². The summed E-state index contributed by atoms with van der Waals surface area (Å²) in [6.45, 7) is 8.08. The highest BCUT2D eigenvalue weighted by Crippen LogP contribution is 2.11. The van der Waals surface area contributed by atoms with Crippen LogP contribution in [0.4, 0.5) is 0 Å². The average molecular weight is 475 g/mol. The van der Waals surface area contributed by atoms with Crippen LogP contribution < -0.4 is 21.3 Å². The van der Waals surface area contributed by atoms with Crippen molar-refractivity contribution in [2.75, 3.05) is 6.54 Å². The molecule has 1 saturated heterocycles. The number of benzene rings is 1. The summed E-state index contributed by atoms with van der Waals surface area (Å²) < 4.78 is 0. The van der Waals surface area contributed by atoms with Gasteiger partial charge in [-0.05, 0) is 43.2 Å². The highest BCUT2D eigenvalue weighted by Gasteiger charge is 2.32. The van der Waals surface area contributed by atoms with Crippen molar-refractivity contribution in [3.05, 3.63) is 35.9 Å². The maximum absolute atomic E-state index is 13.2. The Labute approximate surface area is 201 Å². The first-order valence-electron chi connectivity index (χ1n) is 12.0. The first kappa shape index (κ1) is 27.3. The van der Waals surface area contributed by atoms with Crippen LogP contribution in [0.25, 0.3) is 0 Å². The van der Waals surface area contributed by atoms with E-state index in [0.29, 0.717) is 12.8 Å². The van der Waals surface area contributed by atoms with Crippen molar-refractivity contribution in [1.82, 2.24) is 21.3 Å². The van der Waals surface area contributed by atoms with Crippen molar-refractivity contribution >= 4 is 23.7 Å². The van der Waals surface area contributed by atoms with Crippen LogP contribution in [0, 0.1) is 11.8 Å². The molecule has 1 aliphatic heterocycles. The predicted octanol–water partition coefficient (Wildman–Crippen LogP) is 1.22. The van der Waals surface area contributed by atoms with E-state index in [1.54, 1.807) is 13.8 Å². The highest BCUT2D eigenvalue weighted by atomic mass is 16.4. The monoisotopic (exact) mass is 474 g/mol. The zero-order valence-electron chi connectivity index (χ0n) is 20.5. The molecule has 1 heterocycles. The van der Waals surface area contributed by atoms with Crippen LogP contribution in [0.5, 0.6) is 0 Å². The number of aliphatic carboxylic acids is 1. The van der Waals surface area contributed by atoms with Gasteiger partial charge in [0.2, 0.25) is 17.7 Å². The van der Waals surface area contributed by atoms with Crippen LogP contribution in [0.1, 0.15) is 52.5 Å². The van der Waals surface area contributed by atoms with E-state index in [4.69, 9.17) is 0 Å². The smallest absolute Gasteiger partial charge is 0.326 e. The van der Waals surface area contributed by atoms with Crippen molar-refractivity contribution in [3.63, 3.8) is 0 Å². The minimum absolute atomic E-state index is 0.131. The standard InChI is InChI=1S/C25H38N4O5/c1-15(2)13-19(27-22(30)18-11-8-12-26-18)23(31)28-20(14-17-9-6-5-7-10-17)24(32)29-21(16(3)4)25(33)34/h5-7,9-10,15-16,18-21,26H,8,11-14H2,1-4H3,(H,27,30)(H,28,31)(H,29,32)(H,33,34). The fourth-order valence-corrected chi connectivity index (χ4v) is 3.98. The number of carboxylic acid groups (broad SMARTS) is 1. The largest absolute Gasteiger partial charge is 0.480 e. The molecule has 3 amide bonds. The molecule has 1 aromatic rings. The van der Waals surface area contributed by atoms with E-state index in [1.807, 2.05) is 44.2 Å². The molecule has 4 unspecified atom stereocenters. The summed E-state index contributed by atoms with van der Waals surface area (Å²) in [6, 6.07) is 5.98. The van der Waals surface area contributed by atoms with Gasteiger partial charge in [0.1, 0.15) is 18.1 Å². The normalized spacial score (nSPS) is 18.2. The molecule has 2 rings (SSSR count). The molecule has 0 aliphatic carbocycles. The van der Waals surface area contributed by atoms with Crippen LogP contribution in [0.3, 0.4) is 0 Å². The van der Waals surface area contributed by atoms with Crippen LogP contribution in [0.2, 0.25) is 0 Å². The van der Waals surface area contributed by atoms with Gasteiger partial charge in [0, 0.05) is 6.42 Å². The molecule has 4 atom stereocenters. The summed E-state index contributed by atoms with van der Waals surface area (Å²) in [5.41, 5.74) is 0.818. The molecule has 9 nitrogen and oxygen atoms in total. The summed E-state index contributed by atoms with van der Waals surface area (Å²) in [5, 5.41) is 20.8. The lowest BCUT2D eigenvalue weighted by Crippen LogP contribution is -2.58. The van der Waals surface area contributed by atoms with Gasteiger partial charge < -0.3 is 26.4 Å². The molecular formula is C25H38N4O5. The van der Waals surface area contributed by atoms with Crippen LogP contribution >= 0.6 is 0 Å². The van der Waals surface area contributed by atoms with E-state index in [1.165, 1.54) is 0 Å². The van der Waals surface area contributed by atoms with E-state index in [-0.39, 0.29) is 30.2 Å². The third-order valence-corrected chi connectivity index (χ3v) is 5.86. The van der Waals surface area contributed by atoms with Gasteiger partial charge in [-0.2, -0.15) is 0 Å². The van der Waals surface area contributed by atoms with Gasteiger partial charge in [-0.1, -0.05) is 58.0 Å². The summed E-state index contributed by atoms with van der Waals surface area (Å²) in [4.78, 5) is 50.6. The molecule has 34 heavy (non-hydrogen) atoms. The van der Waals surface area contributed by atoms with Gasteiger partial charge in [0.15, 0.2) is 0 Å². The number of hydrogen-bond donors (Lipinski definition) is 5. The van der Waals surface area contributed by atoms with Gasteiger partial charge in [-0.15, -0.1) is 0 Å². The van der Waals surface area contributed by atoms with Crippen molar-refractivity contribution < 1.29 is 24.3 Å². The number of nitrogens with one attached hydrogen (secondary N) is 4. The SMILES string of the molecule is CC(C)CC(NC(=O)C1CCCN1)C(=O)NC(Cc1ccccc1)C(=O)NC(C(=O)O)C(C)C. The van der Waals surface area contributed by atoms with Gasteiger partial charge in [-0.25, -0.2) is 4.79 Å². The minimum atomic E-state index is -1.14. The zero-order valence-corrected chi connectivity index (χ0v) is 20.5. The Balaban J connectivity index is 2.19. The maximum atomic E-state index is 13.2. The number of carbonyl (C=O) groups is 4. The van der Waals surface area contributed by atoms with Crippen LogP contribution in [-0.4, -0.2) is 59.5 Å². The van der Waals surface area contributed by atoms with Gasteiger partial charge in [0.25, 0.3) is 0 Å². The van der Waals surface area contributed by atoms with E-state index in [0.717, 1.165) is 18.5 Å². The molecule has 5 N–H and O–H groups in total. The highest BCUT2D eigenvalue weighted by molar-refractivity contribution is 5.94. The van der Waals surface area contributed by atoms with Crippen molar-refractivity contribution in [3.8, 4) is 0 Å². The van der Waals surface area contributed by atoms with Crippen LogP contribution in [-0.2, 0) is 25.6 Å². The van der Waals surface area contributed by atoms with Gasteiger partial charge in [-0.3, -0.25) is 14.4 Å². The first-order chi connectivity index (χ1) is 16.1. The Kier molecular flexibility index (Phi) is 10.5. The van der Waals surface area contributed by atoms with Crippen molar-refractivity contribution in [2.45, 2.75) is 77.5 Å². The Hall–Kier alpha value is -2.94. The van der Waals surface area contributed by atoms with Crippen LogP contribution in [0.15, 0.2) is 30.3 Å². The molecule has 188 valence electrons. The molecule has 1 aromatic carbocycles. The predicted molar refractivity (Wildman–Crippen MR) is 129 cm³/mol. The second-order valence-electron chi connectivity index (χ2n) is 9.66. The van der Waals surface area contributed by atoms with Gasteiger partial charge in [0.05, 0.1) is 6.04 Å². The number of carbonyl (C=O) groups excluding carboxylic acids is 3. The van der Waals surface area contributed by atoms with E-state index >= 15 is 0 Å². The van der Waals surface area contributed by atoms with E-state index < -0.39 is 35.9 Å². The summed E-state index contributed by atoms with van der Waals surface area (Å²) in [7, 11) is 0. The molecule has 0 aromatic heterocycles. The quantitative estimate of drug-likeness (QED) is 0.309. The molecule has 9 heteroatoms. The fourth-order valence-electron chi connectivity index (χ4n) is 3.98. The molecule has 0 saturated carbocycles. The maximum Gasteiger partial charge on any atom is 0.326 e. The Bertz CT molecular complexity index is 837. The van der Waals surface area contributed by atoms with Crippen molar-refractivity contribution in [1.29, 1.82) is 0 Å². The number of carboxylic acids is 1. The molecule has 0 radical (unpaired) electrons. The number of amides is 3. The van der Waals surface area contributed by atoms with Crippen molar-refractivity contribution in [2.24, 2.45) is 11.8 Å². The Morgan fingerprint density at radius 3 is 2.15 bits per heavy atom. The number of rotatable bonds is 12. The third kappa shape index (κ3) is 8.44. The first-order valence-corrected chi connectivity index (χ1v) is 12.0. The molecular weight excluding hydrogens is 436 g/mol. The fraction of sp³-hybridized carbons (Fsp3) is 0.600. The lowest BCUT2D eigenvalue weighted by molar-refractivity contribution is -0.143. The second kappa shape index (κ2) is 13.1. The van der Waals surface area contributed by atoms with E-state index in [9.17, 15) is 24.3 Å². The van der Waals surface area contributed by atoms with E-state index in [2.05, 4.69) is 21.3 Å². The zero-order chi connectivity index (χ0) is 25.3. The lowest BCUT2D eigenvalue weighted by Gasteiger charge is -2.27. The lowest BCUT2D eigenvalue weighted by atomic mass is 9.99. The minimum Gasteiger partial charge on any atom is -0.480 e. The Morgan fingerprint density at radius 1 is 0.971 bits per heavy atom. The van der Waals surface area contributed by atoms with Gasteiger partial charge >= 0.3 is 5.97 Å². The third-order valence-electron chi connectivity index (χ3n) is 5.86. The molecule has 1 aliphatic rings. The Morgan fingerprint density at radius 2 is 1.62 bits per heavy atom. The molecule has 1 fully saturated rings. The number of hydrogen-bond acceptors (Lipinski definition) is 5. The molecule has 0 spiro atoms. The second-order valence-corrected chi connectivity index (χ2v) is 9.66. The summed E-state index contributed by atoms with van der Waals surface area (Å²) >= 11 is 0. The average Bonchev–Trinajstić information content (AvgIpc) is 3.31.